The van der Waals surface area contributed by atoms with Crippen molar-refractivity contribution in [3.05, 3.63) is 39.6 Å². The molecule has 2 aromatic rings. The zero-order chi connectivity index (χ0) is 17.3. The molecule has 0 bridgehead atoms. The van der Waals surface area contributed by atoms with Crippen LogP contribution in [0, 0.1) is 0 Å². The Morgan fingerprint density at radius 1 is 1.46 bits per heavy atom. The van der Waals surface area contributed by atoms with Crippen LogP contribution < -0.4 is 11.2 Å². The molecule has 0 aliphatic heterocycles. The Bertz CT molecular complexity index is 762. The lowest BCUT2D eigenvalue weighted by Gasteiger charge is -2.15. The van der Waals surface area contributed by atoms with E-state index in [0.717, 1.165) is 24.2 Å². The van der Waals surface area contributed by atoms with Crippen LogP contribution in [-0.4, -0.2) is 26.5 Å². The van der Waals surface area contributed by atoms with E-state index in [1.807, 2.05) is 6.92 Å². The summed E-state index contributed by atoms with van der Waals surface area (Å²) in [7, 11) is 0. The van der Waals surface area contributed by atoms with Gasteiger partial charge in [0.15, 0.2) is 5.82 Å². The van der Waals surface area contributed by atoms with E-state index in [9.17, 15) is 4.79 Å². The molecule has 1 fully saturated rings. The van der Waals surface area contributed by atoms with Gasteiger partial charge < -0.3 is 11.2 Å². The molecule has 0 saturated heterocycles. The van der Waals surface area contributed by atoms with E-state index < -0.39 is 0 Å². The predicted octanol–water partition coefficient (Wildman–Crippen LogP) is 3.15. The van der Waals surface area contributed by atoms with Crippen LogP contribution in [0.4, 0.5) is 0 Å². The van der Waals surface area contributed by atoms with E-state index in [1.165, 1.54) is 16.4 Å². The van der Waals surface area contributed by atoms with Crippen LogP contribution in [0.1, 0.15) is 43.1 Å². The van der Waals surface area contributed by atoms with Crippen LogP contribution in [-0.2, 0) is 4.79 Å². The number of halogens is 2. The van der Waals surface area contributed by atoms with Crippen LogP contribution in [0.15, 0.2) is 23.4 Å². The lowest BCUT2D eigenvalue weighted by Crippen LogP contribution is -2.28. The molecule has 1 heterocycles. The highest BCUT2D eigenvalue weighted by molar-refractivity contribution is 7.99. The summed E-state index contributed by atoms with van der Waals surface area (Å²) in [5, 5.41) is 12.7. The SMILES string of the molecule is C[C@H](NC(=O)CSc1nnc(C2CC2)n1N)c1ccc(Cl)cc1Cl. The van der Waals surface area contributed by atoms with E-state index in [-0.39, 0.29) is 17.7 Å². The molecule has 3 rings (SSSR count). The van der Waals surface area contributed by atoms with Gasteiger partial charge in [0.05, 0.1) is 11.8 Å². The topological polar surface area (TPSA) is 85.8 Å². The molecular formula is C15H17Cl2N5OS. The number of nitrogens with zero attached hydrogens (tertiary/aromatic N) is 3. The minimum Gasteiger partial charge on any atom is -0.349 e. The van der Waals surface area contributed by atoms with Crippen molar-refractivity contribution in [3.63, 3.8) is 0 Å². The minimum absolute atomic E-state index is 0.130. The van der Waals surface area contributed by atoms with Crippen LogP contribution >= 0.6 is 35.0 Å². The quantitative estimate of drug-likeness (QED) is 0.589. The molecule has 128 valence electrons. The van der Waals surface area contributed by atoms with Crippen molar-refractivity contribution in [2.24, 2.45) is 0 Å². The maximum absolute atomic E-state index is 12.1. The third kappa shape index (κ3) is 3.96. The third-order valence-electron chi connectivity index (χ3n) is 3.77. The average Bonchev–Trinajstić information content (AvgIpc) is 3.29. The van der Waals surface area contributed by atoms with E-state index in [0.29, 0.717) is 21.1 Å². The van der Waals surface area contributed by atoms with Gasteiger partial charge in [0.25, 0.3) is 0 Å². The van der Waals surface area contributed by atoms with Gasteiger partial charge in [-0.05, 0) is 37.5 Å². The van der Waals surface area contributed by atoms with E-state index in [2.05, 4.69) is 15.5 Å². The largest absolute Gasteiger partial charge is 0.349 e. The van der Waals surface area contributed by atoms with Crippen molar-refractivity contribution in [1.82, 2.24) is 20.2 Å². The van der Waals surface area contributed by atoms with Crippen molar-refractivity contribution in [2.75, 3.05) is 11.6 Å². The molecule has 1 aromatic heterocycles. The lowest BCUT2D eigenvalue weighted by atomic mass is 10.1. The Labute approximate surface area is 154 Å². The number of rotatable bonds is 6. The Hall–Kier alpha value is -1.44. The maximum Gasteiger partial charge on any atom is 0.230 e. The summed E-state index contributed by atoms with van der Waals surface area (Å²) in [5.41, 5.74) is 0.817. The molecule has 6 nitrogen and oxygen atoms in total. The van der Waals surface area contributed by atoms with Gasteiger partial charge in [-0.1, -0.05) is 41.0 Å². The third-order valence-corrected chi connectivity index (χ3v) is 5.28. The molecule has 1 aliphatic rings. The molecule has 1 saturated carbocycles. The number of benzene rings is 1. The van der Waals surface area contributed by atoms with Crippen molar-refractivity contribution in [2.45, 2.75) is 36.9 Å². The Balaban J connectivity index is 1.55. The number of nitrogen functional groups attached to an aromatic ring is 1. The normalized spacial score (nSPS) is 15.3. The fourth-order valence-corrected chi connectivity index (χ4v) is 3.60. The highest BCUT2D eigenvalue weighted by Gasteiger charge is 2.30. The maximum atomic E-state index is 12.1. The number of carbonyl (C=O) groups is 1. The van der Waals surface area contributed by atoms with Gasteiger partial charge in [0, 0.05) is 16.0 Å². The number of nitrogens with two attached hydrogens (primary N) is 1. The van der Waals surface area contributed by atoms with Crippen molar-refractivity contribution in [3.8, 4) is 0 Å². The fourth-order valence-electron chi connectivity index (χ4n) is 2.35. The number of hydrogen-bond acceptors (Lipinski definition) is 5. The summed E-state index contributed by atoms with van der Waals surface area (Å²) in [5.74, 6) is 7.25. The number of hydrogen-bond donors (Lipinski definition) is 2. The van der Waals surface area contributed by atoms with Gasteiger partial charge in [0.2, 0.25) is 11.1 Å². The molecule has 0 unspecified atom stereocenters. The Morgan fingerprint density at radius 3 is 2.88 bits per heavy atom. The number of carbonyl (C=O) groups excluding carboxylic acids is 1. The first-order valence-corrected chi connectivity index (χ1v) is 9.27. The van der Waals surface area contributed by atoms with Crippen molar-refractivity contribution >= 4 is 40.9 Å². The predicted molar refractivity (Wildman–Crippen MR) is 95.9 cm³/mol. The highest BCUT2D eigenvalue weighted by Crippen LogP contribution is 2.39. The summed E-state index contributed by atoms with van der Waals surface area (Å²) in [6.07, 6.45) is 2.19. The number of nitrogens with one attached hydrogen (secondary N) is 1. The van der Waals surface area contributed by atoms with Gasteiger partial charge in [-0.15, -0.1) is 10.2 Å². The molecule has 1 atom stereocenters. The standard InChI is InChI=1S/C15H17Cl2N5OS/c1-8(11-5-4-10(16)6-12(11)17)19-13(23)7-24-15-21-20-14(22(15)18)9-2-3-9/h4-6,8-9H,2-3,7,18H2,1H3,(H,19,23)/t8-/m0/s1. The van der Waals surface area contributed by atoms with Crippen LogP contribution in [0.5, 0.6) is 0 Å². The van der Waals surface area contributed by atoms with Crippen molar-refractivity contribution < 1.29 is 4.79 Å². The Morgan fingerprint density at radius 2 is 2.21 bits per heavy atom. The minimum atomic E-state index is -0.222. The molecule has 1 aromatic carbocycles. The molecule has 24 heavy (non-hydrogen) atoms. The second-order valence-corrected chi connectivity index (χ2v) is 7.51. The monoisotopic (exact) mass is 385 g/mol. The molecular weight excluding hydrogens is 369 g/mol. The molecule has 0 radical (unpaired) electrons. The zero-order valence-corrected chi connectivity index (χ0v) is 15.3. The Kier molecular flexibility index (Phi) is 5.22. The number of thioether (sulfide) groups is 1. The number of amides is 1. The molecule has 9 heteroatoms. The van der Waals surface area contributed by atoms with Crippen LogP contribution in [0.3, 0.4) is 0 Å². The second-order valence-electron chi connectivity index (χ2n) is 5.73. The average molecular weight is 386 g/mol. The van der Waals surface area contributed by atoms with E-state index in [1.54, 1.807) is 18.2 Å². The molecule has 0 spiro atoms. The van der Waals surface area contributed by atoms with E-state index >= 15 is 0 Å². The summed E-state index contributed by atoms with van der Waals surface area (Å²) in [6, 6.07) is 4.99. The van der Waals surface area contributed by atoms with Crippen LogP contribution in [0.2, 0.25) is 10.0 Å². The molecule has 1 aliphatic carbocycles. The van der Waals surface area contributed by atoms with E-state index in [4.69, 9.17) is 29.0 Å². The smallest absolute Gasteiger partial charge is 0.230 e. The van der Waals surface area contributed by atoms with Crippen LogP contribution in [0.25, 0.3) is 0 Å². The first-order chi connectivity index (χ1) is 11.5. The molecule has 3 N–H and O–H groups in total. The van der Waals surface area contributed by atoms with Gasteiger partial charge in [-0.2, -0.15) is 0 Å². The fraction of sp³-hybridized carbons (Fsp3) is 0.400. The van der Waals surface area contributed by atoms with Gasteiger partial charge >= 0.3 is 0 Å². The van der Waals surface area contributed by atoms with Gasteiger partial charge in [-0.25, -0.2) is 4.68 Å². The zero-order valence-electron chi connectivity index (χ0n) is 13.0. The van der Waals surface area contributed by atoms with Gasteiger partial charge in [0.1, 0.15) is 0 Å². The summed E-state index contributed by atoms with van der Waals surface area (Å²) in [4.78, 5) is 12.1. The van der Waals surface area contributed by atoms with Gasteiger partial charge in [-0.3, -0.25) is 4.79 Å². The second kappa shape index (κ2) is 7.21. The van der Waals surface area contributed by atoms with Crippen molar-refractivity contribution in [1.29, 1.82) is 0 Å². The first kappa shape index (κ1) is 17.4. The summed E-state index contributed by atoms with van der Waals surface area (Å²) >= 11 is 13.3. The molecule has 1 amide bonds. The summed E-state index contributed by atoms with van der Waals surface area (Å²) in [6.45, 7) is 1.87. The first-order valence-electron chi connectivity index (χ1n) is 7.53. The highest BCUT2D eigenvalue weighted by atomic mass is 35.5. The summed E-state index contributed by atoms with van der Waals surface area (Å²) < 4.78 is 1.48. The number of aromatic nitrogens is 3. The lowest BCUT2D eigenvalue weighted by molar-refractivity contribution is -0.119.